The number of aryl methyl sites for hydroxylation is 1. The van der Waals surface area contributed by atoms with Gasteiger partial charge in [-0.25, -0.2) is 0 Å². The predicted octanol–water partition coefficient (Wildman–Crippen LogP) is 5.70. The molecule has 0 aromatic heterocycles. The summed E-state index contributed by atoms with van der Waals surface area (Å²) in [5.74, 6) is 1.10. The molecule has 3 aliphatic rings. The van der Waals surface area contributed by atoms with Gasteiger partial charge in [-0.2, -0.15) is 0 Å². The normalized spacial score (nSPS) is 18.9. The number of hydrogen-bond donors (Lipinski definition) is 0. The topological polar surface area (TPSA) is 53.1 Å². The first-order valence-electron chi connectivity index (χ1n) is 14.8. The summed E-state index contributed by atoms with van der Waals surface area (Å²) < 4.78 is 5.93. The van der Waals surface area contributed by atoms with E-state index in [1.165, 1.54) is 63.7 Å². The number of rotatable bonds is 10. The van der Waals surface area contributed by atoms with Crippen molar-refractivity contribution in [3.63, 3.8) is 0 Å². The molecule has 0 N–H and O–H groups in total. The van der Waals surface area contributed by atoms with Gasteiger partial charge in [-0.05, 0) is 100 Å². The molecular formula is C32H43N3O3. The summed E-state index contributed by atoms with van der Waals surface area (Å²) in [5.41, 5.74) is 3.01. The smallest absolute Gasteiger partial charge is 0.253 e. The van der Waals surface area contributed by atoms with Gasteiger partial charge in [0, 0.05) is 36.8 Å². The summed E-state index contributed by atoms with van der Waals surface area (Å²) in [6.45, 7) is 5.89. The van der Waals surface area contributed by atoms with E-state index in [4.69, 9.17) is 4.74 Å². The highest BCUT2D eigenvalue weighted by molar-refractivity contribution is 5.97. The number of piperidine rings is 2. The number of carbonyl (C=O) groups is 2. The number of hydrogen-bond acceptors (Lipinski definition) is 4. The zero-order valence-corrected chi connectivity index (χ0v) is 22.8. The lowest BCUT2D eigenvalue weighted by molar-refractivity contribution is -0.119. The largest absolute Gasteiger partial charge is 0.494 e. The average molecular weight is 518 g/mol. The van der Waals surface area contributed by atoms with Gasteiger partial charge >= 0.3 is 0 Å². The van der Waals surface area contributed by atoms with E-state index in [9.17, 15) is 9.59 Å². The van der Waals surface area contributed by atoms with Gasteiger partial charge in [-0.1, -0.05) is 37.5 Å². The van der Waals surface area contributed by atoms with Crippen molar-refractivity contribution in [2.75, 3.05) is 44.2 Å². The maximum Gasteiger partial charge on any atom is 0.253 e. The van der Waals surface area contributed by atoms with Gasteiger partial charge in [0.2, 0.25) is 5.91 Å². The third-order valence-electron chi connectivity index (χ3n) is 8.43. The monoisotopic (exact) mass is 517 g/mol. The van der Waals surface area contributed by atoms with Crippen molar-refractivity contribution in [2.24, 2.45) is 0 Å². The van der Waals surface area contributed by atoms with Crippen LogP contribution in [0.1, 0.15) is 80.1 Å². The van der Waals surface area contributed by atoms with E-state index in [0.717, 1.165) is 43.7 Å². The average Bonchev–Trinajstić information content (AvgIpc) is 2.97. The van der Waals surface area contributed by atoms with Crippen LogP contribution in [0.3, 0.4) is 0 Å². The minimum absolute atomic E-state index is 0.0640. The number of likely N-dealkylation sites (tertiary alicyclic amines) is 2. The van der Waals surface area contributed by atoms with Crippen LogP contribution >= 0.6 is 0 Å². The molecule has 0 aliphatic carbocycles. The molecule has 0 radical (unpaired) electrons. The SMILES string of the molecule is O=C(c1ccc(OCCCCCCN2CCCCC2)cc1)N1CCC(N2C(=O)CCc3ccccc32)CC1. The minimum atomic E-state index is 0.0640. The second-order valence-electron chi connectivity index (χ2n) is 11.1. The molecule has 0 bridgehead atoms. The first-order valence-corrected chi connectivity index (χ1v) is 14.8. The van der Waals surface area contributed by atoms with Gasteiger partial charge in [-0.3, -0.25) is 9.59 Å². The third-order valence-corrected chi connectivity index (χ3v) is 8.43. The predicted molar refractivity (Wildman–Crippen MR) is 152 cm³/mol. The van der Waals surface area contributed by atoms with Crippen LogP contribution in [-0.2, 0) is 11.2 Å². The molecule has 0 saturated carbocycles. The van der Waals surface area contributed by atoms with Crippen LogP contribution in [0.15, 0.2) is 48.5 Å². The van der Waals surface area contributed by atoms with E-state index in [-0.39, 0.29) is 17.9 Å². The van der Waals surface area contributed by atoms with E-state index in [2.05, 4.69) is 17.0 Å². The molecule has 6 nitrogen and oxygen atoms in total. The molecule has 204 valence electrons. The van der Waals surface area contributed by atoms with Crippen molar-refractivity contribution in [2.45, 2.75) is 76.7 Å². The molecule has 0 spiro atoms. The van der Waals surface area contributed by atoms with Crippen LogP contribution < -0.4 is 9.64 Å². The lowest BCUT2D eigenvalue weighted by Crippen LogP contribution is -2.50. The highest BCUT2D eigenvalue weighted by Gasteiger charge is 2.33. The standard InChI is InChI=1S/C32H43N3O3/c36-31-17-14-26-10-4-5-11-30(26)35(31)28-18-23-34(24-19-28)32(37)27-12-15-29(16-13-27)38-25-9-2-1-6-20-33-21-7-3-8-22-33/h4-5,10-13,15-16,28H,1-3,6-9,14,17-25H2. The number of unbranched alkanes of at least 4 members (excludes halogenated alkanes) is 3. The van der Waals surface area contributed by atoms with Crippen LogP contribution in [0.4, 0.5) is 5.69 Å². The molecular weight excluding hydrogens is 474 g/mol. The molecule has 2 aromatic carbocycles. The second kappa shape index (κ2) is 13.3. The van der Waals surface area contributed by atoms with Crippen molar-refractivity contribution in [1.82, 2.24) is 9.80 Å². The van der Waals surface area contributed by atoms with Gasteiger partial charge in [-0.15, -0.1) is 0 Å². The van der Waals surface area contributed by atoms with Crippen LogP contribution in [0.5, 0.6) is 5.75 Å². The lowest BCUT2D eigenvalue weighted by atomic mass is 9.95. The maximum atomic E-state index is 13.1. The Bertz CT molecular complexity index is 1060. The fraction of sp³-hybridized carbons (Fsp3) is 0.562. The van der Waals surface area contributed by atoms with Gasteiger partial charge in [0.15, 0.2) is 0 Å². The van der Waals surface area contributed by atoms with E-state index in [1.807, 2.05) is 46.2 Å². The molecule has 2 saturated heterocycles. The Morgan fingerprint density at radius 1 is 0.816 bits per heavy atom. The Labute approximate surface area is 227 Å². The fourth-order valence-electron chi connectivity index (χ4n) is 6.22. The van der Waals surface area contributed by atoms with E-state index < -0.39 is 0 Å². The van der Waals surface area contributed by atoms with Crippen molar-refractivity contribution in [3.05, 3.63) is 59.7 Å². The summed E-state index contributed by atoms with van der Waals surface area (Å²) in [6, 6.07) is 16.0. The summed E-state index contributed by atoms with van der Waals surface area (Å²) in [5, 5.41) is 0. The molecule has 2 amide bonds. The van der Waals surface area contributed by atoms with Crippen LogP contribution in [0, 0.1) is 0 Å². The Balaban J connectivity index is 1.02. The molecule has 3 heterocycles. The summed E-state index contributed by atoms with van der Waals surface area (Å²) >= 11 is 0. The van der Waals surface area contributed by atoms with Crippen molar-refractivity contribution < 1.29 is 14.3 Å². The number of amides is 2. The number of anilines is 1. The minimum Gasteiger partial charge on any atom is -0.494 e. The van der Waals surface area contributed by atoms with Crippen molar-refractivity contribution >= 4 is 17.5 Å². The Morgan fingerprint density at radius 2 is 1.55 bits per heavy atom. The third kappa shape index (κ3) is 6.76. The van der Waals surface area contributed by atoms with E-state index in [0.29, 0.717) is 25.1 Å². The Morgan fingerprint density at radius 3 is 2.34 bits per heavy atom. The molecule has 3 aliphatic heterocycles. The first kappa shape index (κ1) is 26.7. The number of nitrogens with zero attached hydrogens (tertiary/aromatic N) is 3. The quantitative estimate of drug-likeness (QED) is 0.380. The molecule has 38 heavy (non-hydrogen) atoms. The summed E-state index contributed by atoms with van der Waals surface area (Å²) in [6.07, 6.45) is 12.0. The van der Waals surface area contributed by atoms with Crippen LogP contribution in [0.25, 0.3) is 0 Å². The van der Waals surface area contributed by atoms with Gasteiger partial charge < -0.3 is 19.4 Å². The number of fused-ring (bicyclic) bond motifs is 1. The number of carbonyl (C=O) groups excluding carboxylic acids is 2. The van der Waals surface area contributed by atoms with Gasteiger partial charge in [0.05, 0.1) is 6.61 Å². The van der Waals surface area contributed by atoms with E-state index >= 15 is 0 Å². The molecule has 2 aromatic rings. The first-order chi connectivity index (χ1) is 18.7. The summed E-state index contributed by atoms with van der Waals surface area (Å²) in [4.78, 5) is 32.4. The molecule has 2 fully saturated rings. The zero-order valence-electron chi connectivity index (χ0n) is 22.8. The Kier molecular flexibility index (Phi) is 9.34. The second-order valence-corrected chi connectivity index (χ2v) is 11.1. The fourth-order valence-corrected chi connectivity index (χ4v) is 6.22. The lowest BCUT2D eigenvalue weighted by Gasteiger charge is -2.41. The van der Waals surface area contributed by atoms with Gasteiger partial charge in [0.25, 0.3) is 5.91 Å². The maximum absolute atomic E-state index is 13.1. The molecule has 5 rings (SSSR count). The molecule has 6 heteroatoms. The highest BCUT2D eigenvalue weighted by atomic mass is 16.5. The van der Waals surface area contributed by atoms with E-state index in [1.54, 1.807) is 0 Å². The molecule has 0 unspecified atom stereocenters. The highest BCUT2D eigenvalue weighted by Crippen LogP contribution is 2.32. The van der Waals surface area contributed by atoms with Crippen molar-refractivity contribution in [1.29, 1.82) is 0 Å². The number of para-hydroxylation sites is 1. The zero-order chi connectivity index (χ0) is 26.2. The molecule has 0 atom stereocenters. The number of benzene rings is 2. The van der Waals surface area contributed by atoms with Crippen LogP contribution in [-0.4, -0.2) is 67.0 Å². The van der Waals surface area contributed by atoms with Gasteiger partial charge in [0.1, 0.15) is 5.75 Å². The summed E-state index contributed by atoms with van der Waals surface area (Å²) in [7, 11) is 0. The Hall–Kier alpha value is -2.86. The number of ether oxygens (including phenoxy) is 1. The van der Waals surface area contributed by atoms with Crippen molar-refractivity contribution in [3.8, 4) is 5.75 Å². The van der Waals surface area contributed by atoms with Crippen LogP contribution in [0.2, 0.25) is 0 Å².